The van der Waals surface area contributed by atoms with Gasteiger partial charge in [-0.2, -0.15) is 0 Å². The van der Waals surface area contributed by atoms with Gasteiger partial charge in [-0.05, 0) is 6.42 Å². The van der Waals surface area contributed by atoms with Crippen LogP contribution in [0.15, 0.2) is 0 Å². The van der Waals surface area contributed by atoms with E-state index in [0.717, 1.165) is 19.1 Å². The Labute approximate surface area is 105 Å². The molecule has 0 fully saturated rings. The molecule has 0 bridgehead atoms. The van der Waals surface area contributed by atoms with Crippen LogP contribution in [0.5, 0.6) is 0 Å². The Bertz CT molecular complexity index is 55.8. The molecule has 0 aliphatic carbocycles. The number of hydrogen-bond donors (Lipinski definition) is 0. The average molecular weight is 148 g/mol. The summed E-state index contributed by atoms with van der Waals surface area (Å²) in [7, 11) is 0. The van der Waals surface area contributed by atoms with Gasteiger partial charge < -0.3 is 7.65 Å². The van der Waals surface area contributed by atoms with Crippen molar-refractivity contribution in [2.75, 3.05) is 0 Å². The van der Waals surface area contributed by atoms with Crippen LogP contribution >= 0.6 is 0 Å². The maximum Gasteiger partial charge on any atom is 1.00 e. The van der Waals surface area contributed by atoms with Gasteiger partial charge in [-0.1, -0.05) is 19.8 Å². The van der Waals surface area contributed by atoms with Crippen LogP contribution in [-0.2, 0) is 4.79 Å². The molecule has 0 aliphatic rings. The maximum atomic E-state index is 9.68. The normalized spacial score (nSPS) is 6.78. The molecule has 0 saturated heterocycles. The van der Waals surface area contributed by atoms with Crippen molar-refractivity contribution in [2.45, 2.75) is 32.6 Å². The molecule has 0 saturated carbocycles. The topological polar surface area (TPSA) is 17.1 Å². The number of carbonyl (C=O) groups excluding carboxylic acids is 1. The van der Waals surface area contributed by atoms with Crippen LogP contribution in [0, 0.1) is 0 Å². The van der Waals surface area contributed by atoms with Crippen LogP contribution < -0.4 is 59.1 Å². The van der Waals surface area contributed by atoms with E-state index in [1.165, 1.54) is 12.8 Å². The number of hydrogen-bond acceptors (Lipinski definition) is 1. The van der Waals surface area contributed by atoms with Gasteiger partial charge in [0.1, 0.15) is 6.29 Å². The summed E-state index contributed by atoms with van der Waals surface area (Å²) in [4.78, 5) is 9.68. The van der Waals surface area contributed by atoms with Crippen molar-refractivity contribution >= 4 is 6.29 Å². The van der Waals surface area contributed by atoms with E-state index in [-0.39, 0.29) is 62.0 Å². The zero-order valence-electron chi connectivity index (χ0n) is 8.81. The van der Waals surface area contributed by atoms with Gasteiger partial charge in [0.15, 0.2) is 0 Å². The van der Waals surface area contributed by atoms with E-state index >= 15 is 0 Å². The van der Waals surface area contributed by atoms with Gasteiger partial charge in [0.05, 0.1) is 0 Å². The van der Waals surface area contributed by atoms with E-state index in [2.05, 4.69) is 6.92 Å². The Hall–Kier alpha value is 1.67. The zero-order valence-corrected chi connectivity index (χ0v) is 10.8. The minimum atomic E-state index is 0. The molecule has 0 aromatic rings. The summed E-state index contributed by atoms with van der Waals surface area (Å²) in [6.07, 6.45) is 5.19. The summed E-state index contributed by atoms with van der Waals surface area (Å²) in [5.41, 5.74) is 0. The third kappa shape index (κ3) is 17.7. The monoisotopic (exact) mass is 148 g/mol. The fourth-order valence-corrected chi connectivity index (χ4v) is 0.478. The Morgan fingerprint density at radius 1 is 1.33 bits per heavy atom. The van der Waals surface area contributed by atoms with Gasteiger partial charge >= 0.3 is 59.1 Å². The van der Waals surface area contributed by atoms with Gasteiger partial charge in [0.2, 0.25) is 0 Å². The first-order valence-electron chi connectivity index (χ1n) is 2.85. The molecular weight excluding hydrogens is 134 g/mol. The summed E-state index contributed by atoms with van der Waals surface area (Å²) < 4.78 is 0. The molecule has 9 heavy (non-hydrogen) atoms. The van der Waals surface area contributed by atoms with Crippen molar-refractivity contribution in [3.05, 3.63) is 0 Å². The van der Waals surface area contributed by atoms with Gasteiger partial charge in [-0.15, -0.1) is 0 Å². The molecule has 0 amide bonds. The first-order valence-corrected chi connectivity index (χ1v) is 2.85. The van der Waals surface area contributed by atoms with Crippen LogP contribution in [0.2, 0.25) is 0 Å². The molecule has 46 valence electrons. The summed E-state index contributed by atoms with van der Waals surface area (Å²) in [6.45, 7) is 2.13. The Balaban J connectivity index is -0.0000000300. The second-order valence-corrected chi connectivity index (χ2v) is 1.66. The average Bonchev–Trinajstić information content (AvgIpc) is 1.69. The molecule has 3 heteroatoms. The molecular formula is C6H14Na2O. The Morgan fingerprint density at radius 3 is 2.22 bits per heavy atom. The van der Waals surface area contributed by atoms with Crippen LogP contribution in [0.3, 0.4) is 0 Å². The minimum Gasteiger partial charge on any atom is -1.00 e. The quantitative estimate of drug-likeness (QED) is 0.226. The van der Waals surface area contributed by atoms with Crippen molar-refractivity contribution in [3.63, 3.8) is 0 Å². The Kier molecular flexibility index (Phi) is 30.8. The second kappa shape index (κ2) is 16.3. The smallest absolute Gasteiger partial charge is 1.00 e. The van der Waals surface area contributed by atoms with Crippen LogP contribution in [-0.4, -0.2) is 6.29 Å². The van der Waals surface area contributed by atoms with Crippen LogP contribution in [0.1, 0.15) is 35.5 Å². The fraction of sp³-hybridized carbons (Fsp3) is 0.833. The van der Waals surface area contributed by atoms with Crippen molar-refractivity contribution in [3.8, 4) is 0 Å². The summed E-state index contributed by atoms with van der Waals surface area (Å²) in [5.74, 6) is 0. The van der Waals surface area contributed by atoms with E-state index in [1.807, 2.05) is 0 Å². The molecule has 0 spiro atoms. The van der Waals surface area contributed by atoms with E-state index < -0.39 is 0 Å². The van der Waals surface area contributed by atoms with Crippen molar-refractivity contribution in [1.82, 2.24) is 0 Å². The molecule has 0 N–H and O–H groups in total. The number of carbonyl (C=O) groups is 1. The van der Waals surface area contributed by atoms with E-state index in [0.29, 0.717) is 0 Å². The SMILES string of the molecule is CCCCCC=O.[H-].[H-].[Na+].[Na+]. The van der Waals surface area contributed by atoms with E-state index in [9.17, 15) is 4.79 Å². The Morgan fingerprint density at radius 2 is 1.89 bits per heavy atom. The number of aldehydes is 1. The standard InChI is InChI=1S/C6H12O.2Na.2H/c1-2-3-4-5-6-7;;;;/h6H,2-5H2,1H3;;;;/q;2*+1;2*-1. The molecule has 0 aromatic carbocycles. The molecule has 0 aliphatic heterocycles. The fourth-order valence-electron chi connectivity index (χ4n) is 0.478. The van der Waals surface area contributed by atoms with Crippen LogP contribution in [0.4, 0.5) is 0 Å². The largest absolute Gasteiger partial charge is 1.00 e. The van der Waals surface area contributed by atoms with Gasteiger partial charge in [-0.25, -0.2) is 0 Å². The van der Waals surface area contributed by atoms with E-state index in [1.54, 1.807) is 0 Å². The first-order chi connectivity index (χ1) is 3.41. The summed E-state index contributed by atoms with van der Waals surface area (Å²) >= 11 is 0. The molecule has 0 aromatic heterocycles. The summed E-state index contributed by atoms with van der Waals surface area (Å²) in [6, 6.07) is 0. The third-order valence-electron chi connectivity index (χ3n) is 0.926. The summed E-state index contributed by atoms with van der Waals surface area (Å²) in [5, 5.41) is 0. The maximum absolute atomic E-state index is 9.68. The van der Waals surface area contributed by atoms with Gasteiger partial charge in [-0.3, -0.25) is 0 Å². The predicted octanol–water partition coefficient (Wildman–Crippen LogP) is -4.00. The van der Waals surface area contributed by atoms with Gasteiger partial charge in [0.25, 0.3) is 0 Å². The van der Waals surface area contributed by atoms with Gasteiger partial charge in [0, 0.05) is 6.42 Å². The predicted molar refractivity (Wildman–Crippen MR) is 32.4 cm³/mol. The van der Waals surface area contributed by atoms with Crippen molar-refractivity contribution in [1.29, 1.82) is 0 Å². The van der Waals surface area contributed by atoms with Crippen molar-refractivity contribution < 1.29 is 66.8 Å². The molecule has 0 rings (SSSR count). The molecule has 0 unspecified atom stereocenters. The second-order valence-electron chi connectivity index (χ2n) is 1.66. The molecule has 0 heterocycles. The van der Waals surface area contributed by atoms with Crippen LogP contribution in [0.25, 0.3) is 0 Å². The van der Waals surface area contributed by atoms with Crippen molar-refractivity contribution in [2.24, 2.45) is 0 Å². The molecule has 0 radical (unpaired) electrons. The number of rotatable bonds is 4. The van der Waals surface area contributed by atoms with E-state index in [4.69, 9.17) is 0 Å². The first kappa shape index (κ1) is 17.0. The number of unbranched alkanes of at least 4 members (excludes halogenated alkanes) is 3. The molecule has 0 atom stereocenters. The third-order valence-corrected chi connectivity index (χ3v) is 0.926. The molecule has 1 nitrogen and oxygen atoms in total. The zero-order chi connectivity index (χ0) is 5.54. The minimum absolute atomic E-state index is 0.